The van der Waals surface area contributed by atoms with Gasteiger partial charge in [0.1, 0.15) is 5.82 Å². The molecule has 0 atom stereocenters. The summed E-state index contributed by atoms with van der Waals surface area (Å²) in [4.78, 5) is 10.5. The van der Waals surface area contributed by atoms with Gasteiger partial charge in [-0.3, -0.25) is 0 Å². The van der Waals surface area contributed by atoms with Gasteiger partial charge in [-0.15, -0.1) is 0 Å². The van der Waals surface area contributed by atoms with Crippen molar-refractivity contribution in [3.05, 3.63) is 34.6 Å². The number of carboxylic acids is 1. The lowest BCUT2D eigenvalue weighted by atomic mass is 10.0. The smallest absolute Gasteiger partial charge is 0.419 e. The summed E-state index contributed by atoms with van der Waals surface area (Å²) in [5.74, 6) is -3.00. The van der Waals surface area contributed by atoms with E-state index in [4.69, 9.17) is 5.11 Å². The minimum atomic E-state index is -4.81. The fourth-order valence-corrected chi connectivity index (χ4v) is 1.14. The Morgan fingerprint density at radius 1 is 1.33 bits per heavy atom. The summed E-state index contributed by atoms with van der Waals surface area (Å²) in [5.41, 5.74) is -2.44. The normalized spacial score (nSPS) is 11.5. The van der Waals surface area contributed by atoms with Crippen LogP contribution < -0.4 is 0 Å². The van der Waals surface area contributed by atoms with Crippen LogP contribution >= 0.6 is 0 Å². The maximum atomic E-state index is 13.1. The SMILES string of the molecule is Cc1c(C(=O)O)ccc(C(F)(F)F)c1F. The van der Waals surface area contributed by atoms with Crippen LogP contribution in [-0.4, -0.2) is 11.1 Å². The van der Waals surface area contributed by atoms with E-state index in [0.29, 0.717) is 6.07 Å². The largest absolute Gasteiger partial charge is 0.478 e. The second-order valence-electron chi connectivity index (χ2n) is 2.90. The first kappa shape index (κ1) is 11.5. The third-order valence-electron chi connectivity index (χ3n) is 1.92. The number of carboxylic acid groups (broad SMARTS) is 1. The third kappa shape index (κ3) is 2.08. The number of carbonyl (C=O) groups is 1. The fraction of sp³-hybridized carbons (Fsp3) is 0.222. The summed E-state index contributed by atoms with van der Waals surface area (Å²) >= 11 is 0. The lowest BCUT2D eigenvalue weighted by Gasteiger charge is -2.10. The first-order valence-corrected chi connectivity index (χ1v) is 3.84. The van der Waals surface area contributed by atoms with Gasteiger partial charge in [0.05, 0.1) is 11.1 Å². The molecule has 0 saturated heterocycles. The average molecular weight is 222 g/mol. The van der Waals surface area contributed by atoms with Gasteiger partial charge in [0.25, 0.3) is 0 Å². The molecule has 1 N–H and O–H groups in total. The Balaban J connectivity index is 3.41. The van der Waals surface area contributed by atoms with Gasteiger partial charge in [0.2, 0.25) is 0 Å². The molecule has 0 aliphatic heterocycles. The van der Waals surface area contributed by atoms with Crippen molar-refractivity contribution in [3.63, 3.8) is 0 Å². The summed E-state index contributed by atoms with van der Waals surface area (Å²) < 4.78 is 49.7. The first-order valence-electron chi connectivity index (χ1n) is 3.84. The van der Waals surface area contributed by atoms with Gasteiger partial charge >= 0.3 is 12.1 Å². The molecular weight excluding hydrogens is 216 g/mol. The predicted octanol–water partition coefficient (Wildman–Crippen LogP) is 2.85. The van der Waals surface area contributed by atoms with Crippen LogP contribution in [0.15, 0.2) is 12.1 Å². The number of aromatic carboxylic acids is 1. The van der Waals surface area contributed by atoms with Crippen molar-refractivity contribution >= 4 is 5.97 Å². The van der Waals surface area contributed by atoms with Gasteiger partial charge in [-0.1, -0.05) is 0 Å². The zero-order valence-electron chi connectivity index (χ0n) is 7.52. The van der Waals surface area contributed by atoms with Gasteiger partial charge < -0.3 is 5.11 Å². The van der Waals surface area contributed by atoms with Crippen LogP contribution in [0.3, 0.4) is 0 Å². The molecule has 0 aliphatic carbocycles. The highest BCUT2D eigenvalue weighted by molar-refractivity contribution is 5.89. The zero-order valence-corrected chi connectivity index (χ0v) is 7.52. The topological polar surface area (TPSA) is 37.3 Å². The Kier molecular flexibility index (Phi) is 2.70. The molecule has 1 aromatic rings. The summed E-state index contributed by atoms with van der Waals surface area (Å²) in [5, 5.41) is 8.54. The Hall–Kier alpha value is -1.59. The quantitative estimate of drug-likeness (QED) is 0.742. The zero-order chi connectivity index (χ0) is 11.8. The molecule has 6 heteroatoms. The number of benzene rings is 1. The lowest BCUT2D eigenvalue weighted by Crippen LogP contribution is -2.12. The Bertz CT molecular complexity index is 409. The van der Waals surface area contributed by atoms with E-state index in [0.717, 1.165) is 13.0 Å². The maximum Gasteiger partial charge on any atom is 0.419 e. The second-order valence-corrected chi connectivity index (χ2v) is 2.90. The van der Waals surface area contributed by atoms with Gasteiger partial charge in [-0.25, -0.2) is 9.18 Å². The van der Waals surface area contributed by atoms with Crippen molar-refractivity contribution in [2.75, 3.05) is 0 Å². The number of alkyl halides is 3. The van der Waals surface area contributed by atoms with Gasteiger partial charge in [0, 0.05) is 0 Å². The number of hydrogen-bond donors (Lipinski definition) is 1. The molecule has 0 spiro atoms. The minimum absolute atomic E-state index is 0.422. The number of halogens is 4. The molecule has 82 valence electrons. The highest BCUT2D eigenvalue weighted by atomic mass is 19.4. The fourth-order valence-electron chi connectivity index (χ4n) is 1.14. The summed E-state index contributed by atoms with van der Waals surface area (Å²) in [6.45, 7) is 0.994. The van der Waals surface area contributed by atoms with Crippen molar-refractivity contribution < 1.29 is 27.5 Å². The molecule has 0 heterocycles. The van der Waals surface area contributed by atoms with Crippen LogP contribution in [0.4, 0.5) is 17.6 Å². The molecular formula is C9H6F4O2. The molecule has 0 radical (unpaired) electrons. The molecule has 0 saturated carbocycles. The molecule has 1 aromatic carbocycles. The van der Waals surface area contributed by atoms with E-state index in [-0.39, 0.29) is 0 Å². The minimum Gasteiger partial charge on any atom is -0.478 e. The highest BCUT2D eigenvalue weighted by Crippen LogP contribution is 2.33. The molecule has 0 bridgehead atoms. The standard InChI is InChI=1S/C9H6F4O2/c1-4-5(8(14)15)2-3-6(7(4)10)9(11,12)13/h2-3H,1H3,(H,14,15). The monoisotopic (exact) mass is 222 g/mol. The summed E-state index contributed by atoms with van der Waals surface area (Å²) in [6, 6.07) is 1.16. The molecule has 0 amide bonds. The molecule has 15 heavy (non-hydrogen) atoms. The molecule has 0 aromatic heterocycles. The lowest BCUT2D eigenvalue weighted by molar-refractivity contribution is -0.140. The van der Waals surface area contributed by atoms with E-state index in [9.17, 15) is 22.4 Å². The van der Waals surface area contributed by atoms with Crippen LogP contribution in [0, 0.1) is 12.7 Å². The second kappa shape index (κ2) is 3.52. The molecule has 0 aliphatic rings. The van der Waals surface area contributed by atoms with Gasteiger partial charge in [0.15, 0.2) is 0 Å². The first-order chi connectivity index (χ1) is 6.75. The third-order valence-corrected chi connectivity index (χ3v) is 1.92. The van der Waals surface area contributed by atoms with E-state index in [1.807, 2.05) is 0 Å². The van der Waals surface area contributed by atoms with Crippen molar-refractivity contribution in [2.45, 2.75) is 13.1 Å². The Morgan fingerprint density at radius 2 is 1.87 bits per heavy atom. The van der Waals surface area contributed by atoms with E-state index in [1.54, 1.807) is 0 Å². The number of hydrogen-bond acceptors (Lipinski definition) is 1. The molecule has 1 rings (SSSR count). The van der Waals surface area contributed by atoms with Crippen LogP contribution in [0.2, 0.25) is 0 Å². The molecule has 2 nitrogen and oxygen atoms in total. The average Bonchev–Trinajstić information content (AvgIpc) is 2.06. The van der Waals surface area contributed by atoms with E-state index < -0.39 is 34.7 Å². The van der Waals surface area contributed by atoms with Crippen LogP contribution in [0.5, 0.6) is 0 Å². The van der Waals surface area contributed by atoms with Crippen LogP contribution in [-0.2, 0) is 6.18 Å². The van der Waals surface area contributed by atoms with Crippen molar-refractivity contribution in [3.8, 4) is 0 Å². The molecule has 0 fully saturated rings. The van der Waals surface area contributed by atoms with Gasteiger partial charge in [-0.2, -0.15) is 13.2 Å². The van der Waals surface area contributed by atoms with Crippen LogP contribution in [0.25, 0.3) is 0 Å². The maximum absolute atomic E-state index is 13.1. The summed E-state index contributed by atoms with van der Waals surface area (Å²) in [7, 11) is 0. The van der Waals surface area contributed by atoms with Crippen molar-refractivity contribution in [2.24, 2.45) is 0 Å². The molecule has 0 unspecified atom stereocenters. The predicted molar refractivity (Wildman–Crippen MR) is 43.1 cm³/mol. The van der Waals surface area contributed by atoms with Gasteiger partial charge in [-0.05, 0) is 24.6 Å². The van der Waals surface area contributed by atoms with Crippen molar-refractivity contribution in [1.82, 2.24) is 0 Å². The van der Waals surface area contributed by atoms with E-state index >= 15 is 0 Å². The van der Waals surface area contributed by atoms with Crippen LogP contribution in [0.1, 0.15) is 21.5 Å². The van der Waals surface area contributed by atoms with E-state index in [2.05, 4.69) is 0 Å². The summed E-state index contributed by atoms with van der Waals surface area (Å²) in [6.07, 6.45) is -4.81. The van der Waals surface area contributed by atoms with E-state index in [1.165, 1.54) is 0 Å². The Labute approximate surface area is 82.1 Å². The number of rotatable bonds is 1. The Morgan fingerprint density at radius 3 is 2.27 bits per heavy atom. The van der Waals surface area contributed by atoms with Crippen molar-refractivity contribution in [1.29, 1.82) is 0 Å². The highest BCUT2D eigenvalue weighted by Gasteiger charge is 2.35.